The minimum atomic E-state index is -0.117. The van der Waals surface area contributed by atoms with Crippen molar-refractivity contribution in [2.24, 2.45) is 0 Å². The number of ketones is 1. The van der Waals surface area contributed by atoms with Crippen LogP contribution in [-0.2, 0) is 17.6 Å². The average Bonchev–Trinajstić information content (AvgIpc) is 3.08. The highest BCUT2D eigenvalue weighted by molar-refractivity contribution is 6.35. The first-order chi connectivity index (χ1) is 11.1. The van der Waals surface area contributed by atoms with Gasteiger partial charge in [0.25, 0.3) is 5.91 Å². The second-order valence-electron chi connectivity index (χ2n) is 6.26. The van der Waals surface area contributed by atoms with Crippen molar-refractivity contribution in [3.05, 3.63) is 52.3 Å². The van der Waals surface area contributed by atoms with Crippen molar-refractivity contribution in [2.45, 2.75) is 32.6 Å². The highest BCUT2D eigenvalue weighted by atomic mass is 16.2. The fraction of sp³-hybridized carbons (Fsp3) is 0.263. The van der Waals surface area contributed by atoms with E-state index in [2.05, 4.69) is 16.4 Å². The van der Waals surface area contributed by atoms with Gasteiger partial charge in [0.2, 0.25) is 0 Å². The summed E-state index contributed by atoms with van der Waals surface area (Å²) in [5.41, 5.74) is 6.41. The maximum atomic E-state index is 12.3. The zero-order chi connectivity index (χ0) is 16.0. The van der Waals surface area contributed by atoms with E-state index in [1.165, 1.54) is 31.0 Å². The SMILES string of the molecule is CC(=O)c1ccc2c(c1)/C(=C/c1cc3c([nH]1)CCCC3)C(=O)N2. The van der Waals surface area contributed by atoms with Crippen LogP contribution >= 0.6 is 0 Å². The van der Waals surface area contributed by atoms with E-state index in [1.54, 1.807) is 18.2 Å². The van der Waals surface area contributed by atoms with Gasteiger partial charge in [0.15, 0.2) is 5.78 Å². The van der Waals surface area contributed by atoms with Gasteiger partial charge < -0.3 is 10.3 Å². The Morgan fingerprint density at radius 1 is 1.17 bits per heavy atom. The van der Waals surface area contributed by atoms with Crippen LogP contribution in [0.1, 0.15) is 52.6 Å². The summed E-state index contributed by atoms with van der Waals surface area (Å²) in [5.74, 6) is -0.116. The molecule has 4 rings (SSSR count). The summed E-state index contributed by atoms with van der Waals surface area (Å²) in [6, 6.07) is 7.48. The van der Waals surface area contributed by atoms with Crippen LogP contribution in [0.15, 0.2) is 24.3 Å². The molecule has 116 valence electrons. The molecule has 0 spiro atoms. The molecule has 0 atom stereocenters. The molecule has 1 aromatic heterocycles. The minimum absolute atomic E-state index is 0.00170. The zero-order valence-electron chi connectivity index (χ0n) is 13.0. The predicted molar refractivity (Wildman–Crippen MR) is 90.4 cm³/mol. The molecule has 0 saturated carbocycles. The lowest BCUT2D eigenvalue weighted by molar-refractivity contribution is -0.110. The number of carbonyl (C=O) groups excluding carboxylic acids is 2. The van der Waals surface area contributed by atoms with Crippen LogP contribution in [0.3, 0.4) is 0 Å². The number of benzene rings is 1. The van der Waals surface area contributed by atoms with Crippen LogP contribution in [0.5, 0.6) is 0 Å². The molecule has 1 aliphatic carbocycles. The third-order valence-corrected chi connectivity index (χ3v) is 4.64. The molecule has 0 unspecified atom stereocenters. The van der Waals surface area contributed by atoms with E-state index in [0.717, 1.165) is 29.8 Å². The van der Waals surface area contributed by atoms with Crippen LogP contribution in [0.4, 0.5) is 5.69 Å². The fourth-order valence-electron chi connectivity index (χ4n) is 3.41. The minimum Gasteiger partial charge on any atom is -0.359 e. The number of aryl methyl sites for hydroxylation is 2. The summed E-state index contributed by atoms with van der Waals surface area (Å²) in [6.45, 7) is 1.54. The van der Waals surface area contributed by atoms with Gasteiger partial charge in [-0.25, -0.2) is 0 Å². The number of fused-ring (bicyclic) bond motifs is 2. The van der Waals surface area contributed by atoms with Gasteiger partial charge >= 0.3 is 0 Å². The average molecular weight is 306 g/mol. The van der Waals surface area contributed by atoms with E-state index in [-0.39, 0.29) is 11.7 Å². The van der Waals surface area contributed by atoms with Crippen molar-refractivity contribution >= 4 is 29.0 Å². The van der Waals surface area contributed by atoms with Gasteiger partial charge in [-0.1, -0.05) is 0 Å². The molecule has 2 N–H and O–H groups in total. The largest absolute Gasteiger partial charge is 0.359 e. The lowest BCUT2D eigenvalue weighted by atomic mass is 9.98. The van der Waals surface area contributed by atoms with Crippen LogP contribution in [0, 0.1) is 0 Å². The molecule has 4 nitrogen and oxygen atoms in total. The molecule has 1 aromatic carbocycles. The first-order valence-electron chi connectivity index (χ1n) is 8.01. The Labute approximate surface area is 134 Å². The van der Waals surface area contributed by atoms with Crippen LogP contribution in [-0.4, -0.2) is 16.7 Å². The molecule has 1 amide bonds. The first kappa shape index (κ1) is 14.0. The fourth-order valence-corrected chi connectivity index (χ4v) is 3.41. The first-order valence-corrected chi connectivity index (χ1v) is 8.01. The Morgan fingerprint density at radius 2 is 2.00 bits per heavy atom. The number of H-pyrrole nitrogens is 1. The molecular weight excluding hydrogens is 288 g/mol. The Bertz CT molecular complexity index is 835. The molecular formula is C19H18N2O2. The standard InChI is InChI=1S/C19H18N2O2/c1-11(22)12-6-7-18-15(9-12)16(19(23)21-18)10-14-8-13-4-2-3-5-17(13)20-14/h6-10,20H,2-5H2,1H3,(H,21,23)/b16-10-. The molecule has 0 saturated heterocycles. The highest BCUT2D eigenvalue weighted by Crippen LogP contribution is 2.34. The highest BCUT2D eigenvalue weighted by Gasteiger charge is 2.25. The molecule has 0 bridgehead atoms. The van der Waals surface area contributed by atoms with E-state index in [9.17, 15) is 9.59 Å². The number of anilines is 1. The van der Waals surface area contributed by atoms with Crippen molar-refractivity contribution in [1.29, 1.82) is 0 Å². The molecule has 2 aromatic rings. The van der Waals surface area contributed by atoms with Crippen LogP contribution in [0.25, 0.3) is 11.6 Å². The smallest absolute Gasteiger partial charge is 0.256 e. The maximum Gasteiger partial charge on any atom is 0.256 e. The molecule has 23 heavy (non-hydrogen) atoms. The molecule has 1 aliphatic heterocycles. The van der Waals surface area contributed by atoms with E-state index >= 15 is 0 Å². The summed E-state index contributed by atoms with van der Waals surface area (Å²) >= 11 is 0. The molecule has 0 fully saturated rings. The van der Waals surface area contributed by atoms with E-state index in [1.807, 2.05) is 6.08 Å². The van der Waals surface area contributed by atoms with E-state index in [4.69, 9.17) is 0 Å². The molecule has 0 radical (unpaired) electrons. The van der Waals surface area contributed by atoms with Gasteiger partial charge in [0, 0.05) is 28.2 Å². The van der Waals surface area contributed by atoms with Crippen molar-refractivity contribution in [1.82, 2.24) is 4.98 Å². The zero-order valence-corrected chi connectivity index (χ0v) is 13.0. The number of rotatable bonds is 2. The number of carbonyl (C=O) groups is 2. The lowest BCUT2D eigenvalue weighted by Gasteiger charge is -2.08. The summed E-state index contributed by atoms with van der Waals surface area (Å²) in [7, 11) is 0. The number of aromatic nitrogens is 1. The van der Waals surface area contributed by atoms with Crippen LogP contribution in [0.2, 0.25) is 0 Å². The normalized spacial score (nSPS) is 17.8. The van der Waals surface area contributed by atoms with Crippen molar-refractivity contribution < 1.29 is 9.59 Å². The number of amides is 1. The number of nitrogens with one attached hydrogen (secondary N) is 2. The van der Waals surface area contributed by atoms with E-state index in [0.29, 0.717) is 11.1 Å². The van der Waals surface area contributed by atoms with Gasteiger partial charge in [0.1, 0.15) is 0 Å². The lowest BCUT2D eigenvalue weighted by Crippen LogP contribution is -2.03. The Balaban J connectivity index is 1.77. The van der Waals surface area contributed by atoms with Gasteiger partial charge in [-0.2, -0.15) is 0 Å². The van der Waals surface area contributed by atoms with Gasteiger partial charge in [0.05, 0.1) is 5.57 Å². The molecule has 4 heteroatoms. The summed E-state index contributed by atoms with van der Waals surface area (Å²) < 4.78 is 0. The van der Waals surface area contributed by atoms with Crippen LogP contribution < -0.4 is 5.32 Å². The summed E-state index contributed by atoms with van der Waals surface area (Å²) in [4.78, 5) is 27.3. The second-order valence-corrected chi connectivity index (χ2v) is 6.26. The summed E-state index contributed by atoms with van der Waals surface area (Å²) in [6.07, 6.45) is 6.52. The Kier molecular flexibility index (Phi) is 3.18. The monoisotopic (exact) mass is 306 g/mol. The number of hydrogen-bond acceptors (Lipinski definition) is 2. The molecule has 2 aliphatic rings. The Morgan fingerprint density at radius 3 is 2.78 bits per heavy atom. The Hall–Kier alpha value is -2.62. The quantitative estimate of drug-likeness (QED) is 0.658. The van der Waals surface area contributed by atoms with Crippen molar-refractivity contribution in [3.63, 3.8) is 0 Å². The third-order valence-electron chi connectivity index (χ3n) is 4.64. The molecule has 2 heterocycles. The maximum absolute atomic E-state index is 12.3. The predicted octanol–water partition coefficient (Wildman–Crippen LogP) is 3.59. The van der Waals surface area contributed by atoms with Crippen molar-refractivity contribution in [2.75, 3.05) is 5.32 Å². The van der Waals surface area contributed by atoms with Gasteiger partial charge in [-0.3, -0.25) is 9.59 Å². The van der Waals surface area contributed by atoms with Gasteiger partial charge in [-0.05, 0) is 68.5 Å². The van der Waals surface area contributed by atoms with Gasteiger partial charge in [-0.15, -0.1) is 0 Å². The number of hydrogen-bond donors (Lipinski definition) is 2. The second kappa shape index (κ2) is 5.23. The third kappa shape index (κ3) is 2.40. The van der Waals surface area contributed by atoms with E-state index < -0.39 is 0 Å². The van der Waals surface area contributed by atoms with Crippen molar-refractivity contribution in [3.8, 4) is 0 Å². The summed E-state index contributed by atoms with van der Waals surface area (Å²) in [5, 5.41) is 2.86. The topological polar surface area (TPSA) is 62.0 Å². The number of aromatic amines is 1. The number of Topliss-reactive ketones (excluding diaryl/α,β-unsaturated/α-hetero) is 1.